The van der Waals surface area contributed by atoms with Gasteiger partial charge in [-0.2, -0.15) is 10.2 Å². The minimum absolute atomic E-state index is 0.0382. The monoisotopic (exact) mass is 393 g/mol. The SMILES string of the molecule is CC(C)n1c(-c2cc3c(s2)-c2ccc(-c4cn[nH]c4)cc2OCC3)n[nH]c1=O. The Balaban J connectivity index is 1.62. The molecule has 1 aliphatic rings. The lowest BCUT2D eigenvalue weighted by molar-refractivity contribution is 0.326. The third kappa shape index (κ3) is 2.68. The van der Waals surface area contributed by atoms with E-state index in [0.717, 1.165) is 33.7 Å². The maximum Gasteiger partial charge on any atom is 0.343 e. The molecule has 0 saturated heterocycles. The van der Waals surface area contributed by atoms with Crippen LogP contribution in [-0.2, 0) is 6.42 Å². The van der Waals surface area contributed by atoms with E-state index in [2.05, 4.69) is 44.7 Å². The van der Waals surface area contributed by atoms with Crippen molar-refractivity contribution >= 4 is 11.3 Å². The zero-order valence-corrected chi connectivity index (χ0v) is 16.3. The number of hydrogen-bond donors (Lipinski definition) is 2. The maximum absolute atomic E-state index is 12.1. The van der Waals surface area contributed by atoms with Crippen molar-refractivity contribution < 1.29 is 4.74 Å². The Morgan fingerprint density at radius 1 is 1.25 bits per heavy atom. The molecule has 8 heteroatoms. The number of H-pyrrole nitrogens is 2. The van der Waals surface area contributed by atoms with Crippen molar-refractivity contribution in [2.75, 3.05) is 6.61 Å². The van der Waals surface area contributed by atoms with Gasteiger partial charge in [0.05, 0.1) is 17.7 Å². The molecule has 28 heavy (non-hydrogen) atoms. The van der Waals surface area contributed by atoms with Crippen LogP contribution < -0.4 is 10.4 Å². The van der Waals surface area contributed by atoms with Crippen molar-refractivity contribution in [3.05, 3.63) is 52.7 Å². The summed E-state index contributed by atoms with van der Waals surface area (Å²) in [6.07, 6.45) is 4.49. The molecule has 0 unspecified atom stereocenters. The Hall–Kier alpha value is -3.13. The van der Waals surface area contributed by atoms with Gasteiger partial charge in [-0.25, -0.2) is 9.89 Å². The number of nitrogens with zero attached hydrogens (tertiary/aromatic N) is 3. The number of fused-ring (bicyclic) bond motifs is 3. The Bertz CT molecular complexity index is 1200. The summed E-state index contributed by atoms with van der Waals surface area (Å²) in [6.45, 7) is 4.58. The van der Waals surface area contributed by atoms with Crippen LogP contribution in [0.15, 0.2) is 41.5 Å². The smallest absolute Gasteiger partial charge is 0.343 e. The summed E-state index contributed by atoms with van der Waals surface area (Å²) >= 11 is 1.65. The van der Waals surface area contributed by atoms with Crippen molar-refractivity contribution in [1.82, 2.24) is 25.0 Å². The first-order valence-corrected chi connectivity index (χ1v) is 10.00. The summed E-state index contributed by atoms with van der Waals surface area (Å²) in [6, 6.07) is 8.42. The fraction of sp³-hybridized carbons (Fsp3) is 0.250. The van der Waals surface area contributed by atoms with Crippen molar-refractivity contribution in [3.8, 4) is 38.0 Å². The molecule has 1 aromatic carbocycles. The van der Waals surface area contributed by atoms with Crippen LogP contribution in [-0.4, -0.2) is 31.6 Å². The maximum atomic E-state index is 12.1. The van der Waals surface area contributed by atoms with Gasteiger partial charge in [0.15, 0.2) is 5.82 Å². The Morgan fingerprint density at radius 3 is 2.93 bits per heavy atom. The first-order chi connectivity index (χ1) is 13.6. The zero-order valence-electron chi connectivity index (χ0n) is 15.5. The summed E-state index contributed by atoms with van der Waals surface area (Å²) in [5, 5.41) is 13.7. The summed E-state index contributed by atoms with van der Waals surface area (Å²) in [5.74, 6) is 1.56. The average Bonchev–Trinajstić information content (AvgIpc) is 3.40. The van der Waals surface area contributed by atoms with Gasteiger partial charge in [0, 0.05) is 34.7 Å². The van der Waals surface area contributed by atoms with E-state index in [9.17, 15) is 4.79 Å². The molecular weight excluding hydrogens is 374 g/mol. The molecule has 1 aliphatic heterocycles. The van der Waals surface area contributed by atoms with Gasteiger partial charge in [-0.3, -0.25) is 9.67 Å². The number of benzene rings is 1. The van der Waals surface area contributed by atoms with E-state index < -0.39 is 0 Å². The van der Waals surface area contributed by atoms with E-state index in [-0.39, 0.29) is 11.7 Å². The van der Waals surface area contributed by atoms with Crippen LogP contribution in [0, 0.1) is 0 Å². The second kappa shape index (κ2) is 6.49. The number of ether oxygens (including phenoxy) is 1. The second-order valence-corrected chi connectivity index (χ2v) is 8.13. The number of hydrogen-bond acceptors (Lipinski definition) is 5. The van der Waals surface area contributed by atoms with Crippen LogP contribution in [0.4, 0.5) is 0 Å². The topological polar surface area (TPSA) is 88.6 Å². The zero-order chi connectivity index (χ0) is 19.3. The summed E-state index contributed by atoms with van der Waals surface area (Å²) in [4.78, 5) is 14.3. The van der Waals surface area contributed by atoms with Gasteiger partial charge in [-0.15, -0.1) is 11.3 Å². The van der Waals surface area contributed by atoms with Gasteiger partial charge >= 0.3 is 5.69 Å². The lowest BCUT2D eigenvalue weighted by Gasteiger charge is -2.09. The van der Waals surface area contributed by atoms with E-state index >= 15 is 0 Å². The average molecular weight is 393 g/mol. The van der Waals surface area contributed by atoms with Crippen molar-refractivity contribution in [2.45, 2.75) is 26.3 Å². The quantitative estimate of drug-likeness (QED) is 0.553. The molecule has 0 bridgehead atoms. The second-order valence-electron chi connectivity index (χ2n) is 7.08. The van der Waals surface area contributed by atoms with E-state index in [4.69, 9.17) is 4.74 Å². The lowest BCUT2D eigenvalue weighted by atomic mass is 10.0. The highest BCUT2D eigenvalue weighted by Crippen LogP contribution is 2.44. The first-order valence-electron chi connectivity index (χ1n) is 9.18. The van der Waals surface area contributed by atoms with Crippen LogP contribution in [0.2, 0.25) is 0 Å². The molecule has 0 atom stereocenters. The molecule has 2 N–H and O–H groups in total. The van der Waals surface area contributed by atoms with Crippen molar-refractivity contribution in [2.24, 2.45) is 0 Å². The molecule has 0 saturated carbocycles. The molecule has 0 amide bonds. The van der Waals surface area contributed by atoms with Crippen LogP contribution in [0.5, 0.6) is 5.75 Å². The number of rotatable bonds is 3. The minimum atomic E-state index is -0.179. The largest absolute Gasteiger partial charge is 0.493 e. The standard InChI is InChI=1S/C20H19N5O2S/c1-11(2)25-19(23-24-20(25)26)17-8-13-5-6-27-16-7-12(14-9-21-22-10-14)3-4-15(16)18(13)28-17/h3-4,7-11H,5-6H2,1-2H3,(H,21,22)(H,24,26). The van der Waals surface area contributed by atoms with Crippen molar-refractivity contribution in [1.29, 1.82) is 0 Å². The van der Waals surface area contributed by atoms with Gasteiger partial charge in [0.1, 0.15) is 5.75 Å². The minimum Gasteiger partial charge on any atom is -0.493 e. The predicted octanol–water partition coefficient (Wildman–Crippen LogP) is 3.87. The molecule has 0 fully saturated rings. The fourth-order valence-electron chi connectivity index (χ4n) is 3.60. The fourth-order valence-corrected chi connectivity index (χ4v) is 4.83. The number of aromatic amines is 2. The summed E-state index contributed by atoms with van der Waals surface area (Å²) in [5.41, 5.74) is 4.21. The van der Waals surface area contributed by atoms with Crippen LogP contribution in [0.1, 0.15) is 25.5 Å². The van der Waals surface area contributed by atoms with E-state index in [1.807, 2.05) is 20.0 Å². The van der Waals surface area contributed by atoms with Crippen LogP contribution in [0.3, 0.4) is 0 Å². The van der Waals surface area contributed by atoms with Crippen LogP contribution in [0.25, 0.3) is 32.3 Å². The summed E-state index contributed by atoms with van der Waals surface area (Å²) < 4.78 is 7.74. The normalized spacial score (nSPS) is 13.1. The molecule has 7 nitrogen and oxygen atoms in total. The third-order valence-electron chi connectivity index (χ3n) is 4.94. The summed E-state index contributed by atoms with van der Waals surface area (Å²) in [7, 11) is 0. The van der Waals surface area contributed by atoms with E-state index in [1.165, 1.54) is 10.4 Å². The molecule has 5 rings (SSSR count). The first kappa shape index (κ1) is 17.0. The molecular formula is C20H19N5O2S. The van der Waals surface area contributed by atoms with Gasteiger partial charge in [-0.1, -0.05) is 6.07 Å². The Morgan fingerprint density at radius 2 is 2.14 bits per heavy atom. The number of thiophene rings is 1. The molecule has 4 heterocycles. The molecule has 4 aromatic rings. The van der Waals surface area contributed by atoms with Crippen molar-refractivity contribution in [3.63, 3.8) is 0 Å². The number of nitrogens with one attached hydrogen (secondary N) is 2. The Kier molecular flexibility index (Phi) is 3.94. The third-order valence-corrected chi connectivity index (χ3v) is 6.14. The molecule has 0 aliphatic carbocycles. The van der Waals surface area contributed by atoms with Gasteiger partial charge in [0.2, 0.25) is 0 Å². The molecule has 142 valence electrons. The van der Waals surface area contributed by atoms with Gasteiger partial charge < -0.3 is 4.74 Å². The molecule has 0 radical (unpaired) electrons. The highest BCUT2D eigenvalue weighted by Gasteiger charge is 2.23. The highest BCUT2D eigenvalue weighted by atomic mass is 32.1. The van der Waals surface area contributed by atoms with E-state index in [1.54, 1.807) is 22.1 Å². The highest BCUT2D eigenvalue weighted by molar-refractivity contribution is 7.19. The molecule has 3 aromatic heterocycles. The van der Waals surface area contributed by atoms with Gasteiger partial charge in [-0.05, 0) is 43.2 Å². The predicted molar refractivity (Wildman–Crippen MR) is 109 cm³/mol. The van der Waals surface area contributed by atoms with E-state index in [0.29, 0.717) is 12.4 Å². The van der Waals surface area contributed by atoms with Gasteiger partial charge in [0.25, 0.3) is 0 Å². The number of aromatic nitrogens is 5. The molecule has 0 spiro atoms. The van der Waals surface area contributed by atoms with Crippen LogP contribution >= 0.6 is 11.3 Å². The Labute approximate surface area is 165 Å². The lowest BCUT2D eigenvalue weighted by Crippen LogP contribution is -2.19.